The van der Waals surface area contributed by atoms with Crippen LogP contribution in [0.1, 0.15) is 34.1 Å². The van der Waals surface area contributed by atoms with E-state index in [0.717, 1.165) is 6.54 Å². The van der Waals surface area contributed by atoms with Crippen LogP contribution in [0.4, 0.5) is 0 Å². The fourth-order valence-electron chi connectivity index (χ4n) is 1.16. The lowest BCUT2D eigenvalue weighted by Gasteiger charge is -2.19. The van der Waals surface area contributed by atoms with Crippen LogP contribution >= 0.6 is 0 Å². The smallest absolute Gasteiger partial charge is 0.149 e. The van der Waals surface area contributed by atoms with Crippen molar-refractivity contribution >= 4 is 5.78 Å². The van der Waals surface area contributed by atoms with Crippen LogP contribution in [0.2, 0.25) is 0 Å². The van der Waals surface area contributed by atoms with Gasteiger partial charge in [0.25, 0.3) is 0 Å². The number of rotatable bonds is 5. The van der Waals surface area contributed by atoms with Gasteiger partial charge >= 0.3 is 0 Å². The highest BCUT2D eigenvalue weighted by Gasteiger charge is 2.18. The molecule has 2 nitrogen and oxygen atoms in total. The van der Waals surface area contributed by atoms with Crippen LogP contribution in [-0.2, 0) is 4.79 Å². The zero-order valence-electron chi connectivity index (χ0n) is 7.98. The number of carbonyl (C=O) groups is 1. The lowest BCUT2D eigenvalue weighted by molar-refractivity contribution is -0.121. The zero-order chi connectivity index (χ0) is 8.85. The van der Waals surface area contributed by atoms with Gasteiger partial charge in [0, 0.05) is 6.42 Å². The van der Waals surface area contributed by atoms with Gasteiger partial charge in [-0.1, -0.05) is 27.7 Å². The fourth-order valence-corrected chi connectivity index (χ4v) is 1.16. The molecule has 0 amide bonds. The van der Waals surface area contributed by atoms with Crippen molar-refractivity contribution in [2.75, 3.05) is 6.54 Å². The van der Waals surface area contributed by atoms with Gasteiger partial charge in [-0.25, -0.2) is 0 Å². The van der Waals surface area contributed by atoms with Crippen molar-refractivity contribution in [2.24, 2.45) is 5.92 Å². The molecular weight excluding hydrogens is 138 g/mol. The third kappa shape index (κ3) is 3.51. The predicted octanol–water partition coefficient (Wildman–Crippen LogP) is 1.60. The predicted molar refractivity (Wildman–Crippen MR) is 47.6 cm³/mol. The molecule has 0 aromatic heterocycles. The van der Waals surface area contributed by atoms with E-state index in [4.69, 9.17) is 0 Å². The van der Waals surface area contributed by atoms with Gasteiger partial charge in [0.2, 0.25) is 0 Å². The lowest BCUT2D eigenvalue weighted by Crippen LogP contribution is -2.40. The maximum atomic E-state index is 11.3. The Morgan fingerprint density at radius 2 is 1.91 bits per heavy atom. The third-order valence-electron chi connectivity index (χ3n) is 1.79. The van der Waals surface area contributed by atoms with Gasteiger partial charge in [0.1, 0.15) is 5.78 Å². The van der Waals surface area contributed by atoms with E-state index >= 15 is 0 Å². The maximum absolute atomic E-state index is 11.3. The molecule has 0 unspecified atom stereocenters. The van der Waals surface area contributed by atoms with E-state index in [1.54, 1.807) is 0 Å². The third-order valence-corrected chi connectivity index (χ3v) is 1.79. The van der Waals surface area contributed by atoms with Crippen molar-refractivity contribution in [3.05, 3.63) is 0 Å². The van der Waals surface area contributed by atoms with Crippen molar-refractivity contribution in [2.45, 2.75) is 40.2 Å². The summed E-state index contributed by atoms with van der Waals surface area (Å²) in [7, 11) is 0. The molecule has 11 heavy (non-hydrogen) atoms. The summed E-state index contributed by atoms with van der Waals surface area (Å²) in [5, 5.41) is 3.18. The molecule has 0 fully saturated rings. The highest BCUT2D eigenvalue weighted by molar-refractivity contribution is 5.83. The molecule has 0 aliphatic rings. The van der Waals surface area contributed by atoms with Crippen molar-refractivity contribution < 1.29 is 4.79 Å². The zero-order valence-corrected chi connectivity index (χ0v) is 7.98. The van der Waals surface area contributed by atoms with E-state index in [-0.39, 0.29) is 6.04 Å². The summed E-state index contributed by atoms with van der Waals surface area (Å²) in [6, 6.07) is 0.0602. The lowest BCUT2D eigenvalue weighted by atomic mass is 9.98. The molecule has 0 saturated heterocycles. The monoisotopic (exact) mass is 157 g/mol. The Balaban J connectivity index is 3.98. The summed E-state index contributed by atoms with van der Waals surface area (Å²) < 4.78 is 0. The Morgan fingerprint density at radius 3 is 2.18 bits per heavy atom. The average molecular weight is 157 g/mol. The Labute approximate surface area is 69.4 Å². The first-order chi connectivity index (χ1) is 5.13. The summed E-state index contributed by atoms with van der Waals surface area (Å²) in [6.45, 7) is 8.95. The number of nitrogens with one attached hydrogen (secondary N) is 1. The Kier molecular flexibility index (Phi) is 5.12. The van der Waals surface area contributed by atoms with Crippen molar-refractivity contribution in [1.82, 2.24) is 5.32 Å². The second-order valence-electron chi connectivity index (χ2n) is 3.10. The highest BCUT2D eigenvalue weighted by Crippen LogP contribution is 2.04. The normalized spacial score (nSPS) is 13.5. The largest absolute Gasteiger partial charge is 0.308 e. The second kappa shape index (κ2) is 5.30. The van der Waals surface area contributed by atoms with Crippen molar-refractivity contribution in [3.8, 4) is 0 Å². The summed E-state index contributed by atoms with van der Waals surface area (Å²) in [5.74, 6) is 0.726. The summed E-state index contributed by atoms with van der Waals surface area (Å²) in [6.07, 6.45) is 0.635. The number of ketones is 1. The minimum absolute atomic E-state index is 0.0602. The molecule has 0 aromatic rings. The molecule has 0 aromatic carbocycles. The van der Waals surface area contributed by atoms with Crippen LogP contribution in [0.25, 0.3) is 0 Å². The van der Waals surface area contributed by atoms with Gasteiger partial charge in [0.05, 0.1) is 6.04 Å². The Morgan fingerprint density at radius 1 is 1.36 bits per heavy atom. The SMILES string of the molecule is CCN[C@H](C(=O)CC)C(C)C. The standard InChI is InChI=1S/C9H19NO/c1-5-8(11)9(7(3)4)10-6-2/h7,9-10H,5-6H2,1-4H3/t9-/m0/s1. The van der Waals surface area contributed by atoms with Crippen LogP contribution < -0.4 is 5.32 Å². The molecule has 0 spiro atoms. The minimum atomic E-state index is 0.0602. The molecule has 1 N–H and O–H groups in total. The first kappa shape index (κ1) is 10.6. The van der Waals surface area contributed by atoms with Gasteiger partial charge < -0.3 is 5.32 Å². The molecule has 0 aliphatic heterocycles. The van der Waals surface area contributed by atoms with Gasteiger partial charge in [0.15, 0.2) is 0 Å². The number of likely N-dealkylation sites (N-methyl/N-ethyl adjacent to an activating group) is 1. The van der Waals surface area contributed by atoms with E-state index in [2.05, 4.69) is 19.2 Å². The van der Waals surface area contributed by atoms with Gasteiger partial charge in [-0.15, -0.1) is 0 Å². The molecule has 0 heterocycles. The Bertz CT molecular complexity index is 121. The quantitative estimate of drug-likeness (QED) is 0.656. The molecule has 2 heteroatoms. The van der Waals surface area contributed by atoms with Crippen LogP contribution in [0.3, 0.4) is 0 Å². The number of hydrogen-bond acceptors (Lipinski definition) is 2. The maximum Gasteiger partial charge on any atom is 0.149 e. The van der Waals surface area contributed by atoms with Crippen LogP contribution in [0.15, 0.2) is 0 Å². The minimum Gasteiger partial charge on any atom is -0.308 e. The Hall–Kier alpha value is -0.370. The number of Topliss-reactive ketones (excluding diaryl/α,β-unsaturated/α-hetero) is 1. The summed E-state index contributed by atoms with van der Waals surface area (Å²) >= 11 is 0. The van der Waals surface area contributed by atoms with Crippen molar-refractivity contribution in [3.63, 3.8) is 0 Å². The highest BCUT2D eigenvalue weighted by atomic mass is 16.1. The molecule has 0 aliphatic carbocycles. The van der Waals surface area contributed by atoms with Crippen LogP contribution in [0.5, 0.6) is 0 Å². The summed E-state index contributed by atoms with van der Waals surface area (Å²) in [5.41, 5.74) is 0. The molecular formula is C9H19NO. The molecule has 0 bridgehead atoms. The first-order valence-corrected chi connectivity index (χ1v) is 4.39. The molecule has 1 atom stereocenters. The van der Waals surface area contributed by atoms with Gasteiger partial charge in [-0.3, -0.25) is 4.79 Å². The topological polar surface area (TPSA) is 29.1 Å². The van der Waals surface area contributed by atoms with E-state index in [1.165, 1.54) is 0 Å². The van der Waals surface area contributed by atoms with E-state index in [1.807, 2.05) is 13.8 Å². The molecule has 0 radical (unpaired) electrons. The molecule has 66 valence electrons. The van der Waals surface area contributed by atoms with E-state index in [0.29, 0.717) is 18.1 Å². The average Bonchev–Trinajstić information content (AvgIpc) is 1.98. The number of hydrogen-bond donors (Lipinski definition) is 1. The van der Waals surface area contributed by atoms with Crippen LogP contribution in [0, 0.1) is 5.92 Å². The van der Waals surface area contributed by atoms with Crippen LogP contribution in [-0.4, -0.2) is 18.4 Å². The molecule has 0 rings (SSSR count). The fraction of sp³-hybridized carbons (Fsp3) is 0.889. The molecule has 0 saturated carbocycles. The van der Waals surface area contributed by atoms with E-state index < -0.39 is 0 Å². The first-order valence-electron chi connectivity index (χ1n) is 4.39. The summed E-state index contributed by atoms with van der Waals surface area (Å²) in [4.78, 5) is 11.3. The van der Waals surface area contributed by atoms with Crippen molar-refractivity contribution in [1.29, 1.82) is 0 Å². The second-order valence-corrected chi connectivity index (χ2v) is 3.10. The number of carbonyl (C=O) groups excluding carboxylic acids is 1. The van der Waals surface area contributed by atoms with Gasteiger partial charge in [-0.05, 0) is 12.5 Å². The van der Waals surface area contributed by atoms with Gasteiger partial charge in [-0.2, -0.15) is 0 Å². The van der Waals surface area contributed by atoms with E-state index in [9.17, 15) is 4.79 Å².